The van der Waals surface area contributed by atoms with E-state index in [-0.39, 0.29) is 5.75 Å². The maximum atomic E-state index is 12.1. The number of ether oxygens (including phenoxy) is 1. The molecular weight excluding hydrogens is 368 g/mol. The van der Waals surface area contributed by atoms with Crippen LogP contribution >= 0.6 is 12.2 Å². The minimum absolute atomic E-state index is 0.116. The molecule has 1 aliphatic rings. The molecule has 2 aromatic rings. The lowest BCUT2D eigenvalue weighted by atomic mass is 10.1. The summed E-state index contributed by atoms with van der Waals surface area (Å²) in [4.78, 5) is 1.66. The Labute approximate surface area is 163 Å². The van der Waals surface area contributed by atoms with Gasteiger partial charge in [0.05, 0.1) is 13.1 Å². The van der Waals surface area contributed by atoms with Crippen LogP contribution in [-0.4, -0.2) is 24.8 Å². The Morgan fingerprint density at radius 3 is 2.26 bits per heavy atom. The van der Waals surface area contributed by atoms with Crippen LogP contribution in [0.15, 0.2) is 48.5 Å². The van der Waals surface area contributed by atoms with Crippen molar-refractivity contribution in [3.8, 4) is 5.75 Å². The molecule has 144 valence electrons. The highest BCUT2D eigenvalue weighted by Gasteiger charge is 2.15. The van der Waals surface area contributed by atoms with Crippen molar-refractivity contribution in [3.05, 3.63) is 59.7 Å². The molecule has 0 aromatic heterocycles. The summed E-state index contributed by atoms with van der Waals surface area (Å²) >= 11 is 5.28. The molecule has 0 radical (unpaired) electrons. The lowest BCUT2D eigenvalue weighted by Gasteiger charge is -2.13. The number of nitrogens with one attached hydrogen (secondary N) is 3. The second kappa shape index (κ2) is 9.62. The SMILES string of the molecule is FC(F)Oc1ccc(NC(=S)NCc2ccc(C[NH+]3CCCC3)cc2)cc1. The first-order valence-corrected chi connectivity index (χ1v) is 9.50. The van der Waals surface area contributed by atoms with E-state index >= 15 is 0 Å². The number of hydrogen-bond acceptors (Lipinski definition) is 2. The number of anilines is 1. The van der Waals surface area contributed by atoms with E-state index in [1.165, 1.54) is 43.6 Å². The quantitative estimate of drug-likeness (QED) is 0.634. The Hall–Kier alpha value is -2.25. The number of thiocarbonyl (C=S) groups is 1. The predicted octanol–water partition coefficient (Wildman–Crippen LogP) is 2.95. The average Bonchev–Trinajstić information content (AvgIpc) is 3.15. The van der Waals surface area contributed by atoms with Crippen LogP contribution in [0.25, 0.3) is 0 Å². The third kappa shape index (κ3) is 6.45. The first kappa shape index (κ1) is 19.5. The van der Waals surface area contributed by atoms with E-state index in [4.69, 9.17) is 12.2 Å². The molecule has 2 aromatic carbocycles. The first-order chi connectivity index (χ1) is 13.1. The molecule has 3 N–H and O–H groups in total. The van der Waals surface area contributed by atoms with Crippen LogP contribution in [0.3, 0.4) is 0 Å². The molecule has 0 unspecified atom stereocenters. The monoisotopic (exact) mass is 392 g/mol. The normalized spacial score (nSPS) is 14.3. The third-order valence-electron chi connectivity index (χ3n) is 4.58. The van der Waals surface area contributed by atoms with Crippen molar-refractivity contribution in [2.24, 2.45) is 0 Å². The predicted molar refractivity (Wildman–Crippen MR) is 106 cm³/mol. The molecule has 7 heteroatoms. The summed E-state index contributed by atoms with van der Waals surface area (Å²) in [6.07, 6.45) is 2.67. The topological polar surface area (TPSA) is 37.7 Å². The van der Waals surface area contributed by atoms with E-state index in [2.05, 4.69) is 39.6 Å². The van der Waals surface area contributed by atoms with E-state index < -0.39 is 6.61 Å². The van der Waals surface area contributed by atoms with E-state index in [9.17, 15) is 8.78 Å². The highest BCUT2D eigenvalue weighted by atomic mass is 32.1. The Balaban J connectivity index is 1.43. The maximum absolute atomic E-state index is 12.1. The number of halogens is 2. The molecule has 27 heavy (non-hydrogen) atoms. The van der Waals surface area contributed by atoms with Gasteiger partial charge in [-0.05, 0) is 42.0 Å². The summed E-state index contributed by atoms with van der Waals surface area (Å²) in [5.74, 6) is 0.116. The zero-order valence-corrected chi connectivity index (χ0v) is 15.8. The van der Waals surface area contributed by atoms with Crippen molar-refractivity contribution in [2.45, 2.75) is 32.5 Å². The van der Waals surface area contributed by atoms with Crippen molar-refractivity contribution >= 4 is 23.0 Å². The van der Waals surface area contributed by atoms with Crippen LogP contribution in [0.4, 0.5) is 14.5 Å². The Bertz CT molecular complexity index is 732. The van der Waals surface area contributed by atoms with Crippen molar-refractivity contribution in [3.63, 3.8) is 0 Å². The largest absolute Gasteiger partial charge is 0.435 e. The Morgan fingerprint density at radius 1 is 1.00 bits per heavy atom. The standard InChI is InChI=1S/C20H23F2N3OS/c21-19(22)26-18-9-7-17(8-10-18)24-20(27)23-13-15-3-5-16(6-4-15)14-25-11-1-2-12-25/h3-10,19H,1-2,11-14H2,(H2,23,24,27)/p+1. The average molecular weight is 392 g/mol. The second-order valence-electron chi connectivity index (χ2n) is 6.66. The van der Waals surface area contributed by atoms with Gasteiger partial charge in [0.2, 0.25) is 0 Å². The summed E-state index contributed by atoms with van der Waals surface area (Å²) in [6.45, 7) is 1.44. The number of hydrogen-bond donors (Lipinski definition) is 3. The maximum Gasteiger partial charge on any atom is 0.387 e. The number of rotatable bonds is 7. The van der Waals surface area contributed by atoms with Gasteiger partial charge in [0, 0.05) is 30.6 Å². The molecule has 0 saturated carbocycles. The molecule has 0 aliphatic carbocycles. The fraction of sp³-hybridized carbons (Fsp3) is 0.350. The molecule has 0 bridgehead atoms. The highest BCUT2D eigenvalue weighted by Crippen LogP contribution is 2.17. The van der Waals surface area contributed by atoms with E-state index in [1.54, 1.807) is 17.0 Å². The molecule has 4 nitrogen and oxygen atoms in total. The van der Waals surface area contributed by atoms with Gasteiger partial charge < -0.3 is 20.3 Å². The molecule has 0 atom stereocenters. The summed E-state index contributed by atoms with van der Waals surface area (Å²) in [6, 6.07) is 14.8. The van der Waals surface area contributed by atoms with Gasteiger partial charge in [-0.25, -0.2) is 0 Å². The highest BCUT2D eigenvalue weighted by molar-refractivity contribution is 7.80. The van der Waals surface area contributed by atoms with E-state index in [0.717, 1.165) is 12.1 Å². The second-order valence-corrected chi connectivity index (χ2v) is 7.07. The molecule has 1 heterocycles. The Morgan fingerprint density at radius 2 is 1.63 bits per heavy atom. The van der Waals surface area contributed by atoms with E-state index in [1.807, 2.05) is 0 Å². The summed E-state index contributed by atoms with van der Waals surface area (Å²) < 4.78 is 28.6. The summed E-state index contributed by atoms with van der Waals surface area (Å²) in [5, 5.41) is 6.65. The van der Waals surface area contributed by atoms with Crippen LogP contribution < -0.4 is 20.3 Å². The van der Waals surface area contributed by atoms with Crippen LogP contribution in [0.2, 0.25) is 0 Å². The van der Waals surface area contributed by atoms with E-state index in [0.29, 0.717) is 17.3 Å². The zero-order valence-electron chi connectivity index (χ0n) is 15.0. The smallest absolute Gasteiger partial charge is 0.387 e. The van der Waals surface area contributed by atoms with Crippen molar-refractivity contribution in [1.29, 1.82) is 0 Å². The van der Waals surface area contributed by atoms with Crippen LogP contribution in [0.1, 0.15) is 24.0 Å². The number of alkyl halides is 2. The summed E-state index contributed by atoms with van der Waals surface area (Å²) in [7, 11) is 0. The van der Waals surface area contributed by atoms with Crippen LogP contribution in [0.5, 0.6) is 5.75 Å². The van der Waals surface area contributed by atoms with Gasteiger partial charge >= 0.3 is 6.61 Å². The van der Waals surface area contributed by atoms with Gasteiger partial charge in [0.1, 0.15) is 12.3 Å². The minimum atomic E-state index is -2.82. The third-order valence-corrected chi connectivity index (χ3v) is 4.82. The fourth-order valence-corrected chi connectivity index (χ4v) is 3.38. The lowest BCUT2D eigenvalue weighted by molar-refractivity contribution is -0.901. The molecular formula is C20H24F2N3OS+. The molecule has 1 fully saturated rings. The number of quaternary nitrogens is 1. The van der Waals surface area contributed by atoms with Gasteiger partial charge in [-0.2, -0.15) is 8.78 Å². The van der Waals surface area contributed by atoms with Crippen molar-refractivity contribution in [2.75, 3.05) is 18.4 Å². The molecule has 0 spiro atoms. The van der Waals surface area contributed by atoms with Gasteiger partial charge in [0.25, 0.3) is 0 Å². The Kier molecular flexibility index (Phi) is 6.95. The van der Waals surface area contributed by atoms with Gasteiger partial charge in [-0.3, -0.25) is 0 Å². The van der Waals surface area contributed by atoms with Gasteiger partial charge in [-0.1, -0.05) is 24.3 Å². The summed E-state index contributed by atoms with van der Waals surface area (Å²) in [5.41, 5.74) is 3.22. The van der Waals surface area contributed by atoms with Crippen molar-refractivity contribution < 1.29 is 18.4 Å². The van der Waals surface area contributed by atoms with Gasteiger partial charge in [0.15, 0.2) is 5.11 Å². The lowest BCUT2D eigenvalue weighted by Crippen LogP contribution is -3.08. The van der Waals surface area contributed by atoms with Crippen LogP contribution in [0, 0.1) is 0 Å². The fourth-order valence-electron chi connectivity index (χ4n) is 3.19. The zero-order chi connectivity index (χ0) is 19.1. The minimum Gasteiger partial charge on any atom is -0.435 e. The first-order valence-electron chi connectivity index (χ1n) is 9.09. The molecule has 1 saturated heterocycles. The van der Waals surface area contributed by atoms with Crippen molar-refractivity contribution in [1.82, 2.24) is 5.32 Å². The molecule has 1 aliphatic heterocycles. The molecule has 3 rings (SSSR count). The van der Waals surface area contributed by atoms with Gasteiger partial charge in [-0.15, -0.1) is 0 Å². The number of likely N-dealkylation sites (tertiary alicyclic amines) is 1. The number of benzene rings is 2. The van der Waals surface area contributed by atoms with Crippen LogP contribution in [-0.2, 0) is 13.1 Å². The molecule has 0 amide bonds.